The van der Waals surface area contributed by atoms with E-state index in [1.165, 1.54) is 0 Å². The van der Waals surface area contributed by atoms with Crippen molar-refractivity contribution in [2.45, 2.75) is 13.5 Å². The number of sulfonamides is 1. The molecule has 0 aliphatic carbocycles. The van der Waals surface area contributed by atoms with Crippen LogP contribution >= 0.6 is 0 Å². The van der Waals surface area contributed by atoms with Crippen LogP contribution in [0, 0.1) is 6.92 Å². The zero-order valence-corrected chi connectivity index (χ0v) is 7.63. The summed E-state index contributed by atoms with van der Waals surface area (Å²) in [4.78, 5) is 0. The van der Waals surface area contributed by atoms with Gasteiger partial charge in [-0.1, -0.05) is 5.16 Å². The average Bonchev–Trinajstić information content (AvgIpc) is 2.30. The van der Waals surface area contributed by atoms with Gasteiger partial charge in [0.1, 0.15) is 11.5 Å². The van der Waals surface area contributed by atoms with Crippen LogP contribution in [0.25, 0.3) is 0 Å². The molecular formula is C6H9N2O3S. The van der Waals surface area contributed by atoms with E-state index in [0.29, 0.717) is 11.5 Å². The Hall–Kier alpha value is -0.880. The Bertz CT molecular complexity index is 355. The fourth-order valence-electron chi connectivity index (χ4n) is 0.676. The van der Waals surface area contributed by atoms with Crippen LogP contribution in [0.3, 0.4) is 0 Å². The Morgan fingerprint density at radius 1 is 1.67 bits per heavy atom. The molecule has 5 nitrogen and oxygen atoms in total. The molecule has 0 atom stereocenters. The quantitative estimate of drug-likeness (QED) is 0.673. The number of aryl methyl sites for hydroxylation is 1. The molecule has 0 saturated heterocycles. The standard InChI is InChI=1S/C6H9N2O3S/c1-5-3-6(8-11-5)4-7-12(2,9)10/h3H,4H2,1-2H3. The van der Waals surface area contributed by atoms with Crippen LogP contribution in [-0.4, -0.2) is 19.8 Å². The Morgan fingerprint density at radius 2 is 2.33 bits per heavy atom. The lowest BCUT2D eigenvalue weighted by Crippen LogP contribution is -2.13. The van der Waals surface area contributed by atoms with Gasteiger partial charge in [0.2, 0.25) is 10.0 Å². The van der Waals surface area contributed by atoms with Crippen LogP contribution in [0.4, 0.5) is 0 Å². The summed E-state index contributed by atoms with van der Waals surface area (Å²) in [5.41, 5.74) is 0.526. The van der Waals surface area contributed by atoms with Gasteiger partial charge in [-0.15, -0.1) is 4.72 Å². The molecule has 0 aliphatic rings. The van der Waals surface area contributed by atoms with Crippen LogP contribution in [0.5, 0.6) is 0 Å². The summed E-state index contributed by atoms with van der Waals surface area (Å²) >= 11 is 0. The molecular weight excluding hydrogens is 180 g/mol. The molecule has 1 aromatic heterocycles. The highest BCUT2D eigenvalue weighted by Gasteiger charge is 2.05. The monoisotopic (exact) mass is 189 g/mol. The second kappa shape index (κ2) is 3.24. The van der Waals surface area contributed by atoms with Crippen LogP contribution in [0.15, 0.2) is 10.6 Å². The summed E-state index contributed by atoms with van der Waals surface area (Å²) in [6, 6.07) is 1.65. The maximum atomic E-state index is 10.6. The third kappa shape index (κ3) is 3.02. The molecule has 0 unspecified atom stereocenters. The topological polar surface area (TPSA) is 74.3 Å². The Balaban J connectivity index is 2.55. The van der Waals surface area contributed by atoms with Gasteiger partial charge in [-0.3, -0.25) is 0 Å². The molecule has 0 aromatic carbocycles. The molecule has 0 spiro atoms. The van der Waals surface area contributed by atoms with Gasteiger partial charge in [-0.2, -0.15) is 0 Å². The van der Waals surface area contributed by atoms with Gasteiger partial charge in [0.25, 0.3) is 0 Å². The summed E-state index contributed by atoms with van der Waals surface area (Å²) in [6.07, 6.45) is 1.04. The number of aromatic nitrogens is 1. The molecule has 1 rings (SSSR count). The summed E-state index contributed by atoms with van der Waals surface area (Å²) in [7, 11) is -3.27. The minimum absolute atomic E-state index is 0.0518. The third-order valence-electron chi connectivity index (χ3n) is 1.14. The van der Waals surface area contributed by atoms with Crippen molar-refractivity contribution in [1.82, 2.24) is 9.88 Å². The van der Waals surface area contributed by atoms with E-state index in [4.69, 9.17) is 4.52 Å². The third-order valence-corrected chi connectivity index (χ3v) is 1.74. The molecule has 6 heteroatoms. The lowest BCUT2D eigenvalue weighted by Gasteiger charge is -1.92. The molecule has 1 radical (unpaired) electrons. The van der Waals surface area contributed by atoms with E-state index in [0.717, 1.165) is 6.26 Å². The van der Waals surface area contributed by atoms with Gasteiger partial charge in [-0.25, -0.2) is 8.42 Å². The number of rotatable bonds is 3. The van der Waals surface area contributed by atoms with Crippen molar-refractivity contribution in [3.63, 3.8) is 0 Å². The summed E-state index contributed by atoms with van der Waals surface area (Å²) in [5.74, 6) is 0.647. The summed E-state index contributed by atoms with van der Waals surface area (Å²) in [6.45, 7) is 1.78. The van der Waals surface area contributed by atoms with Crippen molar-refractivity contribution in [1.29, 1.82) is 0 Å². The number of nitrogens with zero attached hydrogens (tertiary/aromatic N) is 2. The van der Waals surface area contributed by atoms with E-state index in [1.54, 1.807) is 13.0 Å². The van der Waals surface area contributed by atoms with Crippen molar-refractivity contribution in [3.8, 4) is 0 Å². The molecule has 1 heterocycles. The summed E-state index contributed by atoms with van der Waals surface area (Å²) in [5, 5.41) is 3.59. The lowest BCUT2D eigenvalue weighted by atomic mass is 10.4. The van der Waals surface area contributed by atoms with Crippen LogP contribution in [0.2, 0.25) is 0 Å². The second-order valence-electron chi connectivity index (χ2n) is 2.45. The summed E-state index contributed by atoms with van der Waals surface area (Å²) < 4.78 is 29.3. The first-order chi connectivity index (χ1) is 5.47. The molecule has 0 amide bonds. The molecule has 67 valence electrons. The normalized spacial score (nSPS) is 11.8. The molecule has 1 aromatic rings. The molecule has 0 saturated carbocycles. The fourth-order valence-corrected chi connectivity index (χ4v) is 1.04. The van der Waals surface area contributed by atoms with Crippen LogP contribution in [0.1, 0.15) is 11.5 Å². The van der Waals surface area contributed by atoms with Gasteiger partial charge in [0.15, 0.2) is 0 Å². The SMILES string of the molecule is Cc1cc(C[N]S(C)(=O)=O)no1. The second-order valence-corrected chi connectivity index (χ2v) is 4.17. The first-order valence-electron chi connectivity index (χ1n) is 3.28. The number of hydrogen-bond donors (Lipinski definition) is 0. The minimum Gasteiger partial charge on any atom is -0.361 e. The van der Waals surface area contributed by atoms with Gasteiger partial charge in [0.05, 0.1) is 12.8 Å². The van der Waals surface area contributed by atoms with Crippen molar-refractivity contribution < 1.29 is 12.9 Å². The Kier molecular flexibility index (Phi) is 2.49. The first kappa shape index (κ1) is 9.21. The van der Waals surface area contributed by atoms with E-state index in [2.05, 4.69) is 9.88 Å². The van der Waals surface area contributed by atoms with Gasteiger partial charge >= 0.3 is 0 Å². The van der Waals surface area contributed by atoms with Crippen molar-refractivity contribution >= 4 is 10.0 Å². The van der Waals surface area contributed by atoms with E-state index in [1.807, 2.05) is 0 Å². The largest absolute Gasteiger partial charge is 0.361 e. The first-order valence-corrected chi connectivity index (χ1v) is 5.13. The highest BCUT2D eigenvalue weighted by Crippen LogP contribution is 2.01. The highest BCUT2D eigenvalue weighted by atomic mass is 32.2. The van der Waals surface area contributed by atoms with E-state index in [9.17, 15) is 8.42 Å². The highest BCUT2D eigenvalue weighted by molar-refractivity contribution is 7.88. The van der Waals surface area contributed by atoms with Crippen LogP contribution < -0.4 is 4.72 Å². The maximum Gasteiger partial charge on any atom is 0.225 e. The van der Waals surface area contributed by atoms with Gasteiger partial charge in [-0.05, 0) is 6.92 Å². The molecule has 12 heavy (non-hydrogen) atoms. The Morgan fingerprint density at radius 3 is 2.75 bits per heavy atom. The predicted octanol–water partition coefficient (Wildman–Crippen LogP) is 0.0470. The molecule has 0 fully saturated rings. The van der Waals surface area contributed by atoms with Crippen LogP contribution in [-0.2, 0) is 16.6 Å². The maximum absolute atomic E-state index is 10.6. The van der Waals surface area contributed by atoms with E-state index < -0.39 is 10.0 Å². The molecule has 0 aliphatic heterocycles. The van der Waals surface area contributed by atoms with Crippen molar-refractivity contribution in [2.75, 3.05) is 6.26 Å². The fraction of sp³-hybridized carbons (Fsp3) is 0.500. The number of hydrogen-bond acceptors (Lipinski definition) is 4. The predicted molar refractivity (Wildman–Crippen MR) is 41.9 cm³/mol. The smallest absolute Gasteiger partial charge is 0.225 e. The Labute approximate surface area is 70.8 Å². The molecule has 0 N–H and O–H groups in total. The van der Waals surface area contributed by atoms with E-state index in [-0.39, 0.29) is 6.54 Å². The lowest BCUT2D eigenvalue weighted by molar-refractivity contribution is 0.390. The zero-order chi connectivity index (χ0) is 9.19. The van der Waals surface area contributed by atoms with Gasteiger partial charge < -0.3 is 4.52 Å². The van der Waals surface area contributed by atoms with Crippen molar-refractivity contribution in [2.24, 2.45) is 0 Å². The van der Waals surface area contributed by atoms with Gasteiger partial charge in [0, 0.05) is 6.07 Å². The van der Waals surface area contributed by atoms with Crippen molar-refractivity contribution in [3.05, 3.63) is 17.5 Å². The average molecular weight is 189 g/mol. The van der Waals surface area contributed by atoms with E-state index >= 15 is 0 Å². The zero-order valence-electron chi connectivity index (χ0n) is 6.81. The molecule has 0 bridgehead atoms. The minimum atomic E-state index is -3.27.